The van der Waals surface area contributed by atoms with Gasteiger partial charge in [-0.25, -0.2) is 0 Å². The molecule has 0 spiro atoms. The van der Waals surface area contributed by atoms with E-state index in [-0.39, 0.29) is 18.2 Å². The Bertz CT molecular complexity index is 827. The van der Waals surface area contributed by atoms with Crippen LogP contribution in [-0.2, 0) is 9.59 Å². The van der Waals surface area contributed by atoms with Crippen molar-refractivity contribution in [2.75, 3.05) is 6.61 Å². The lowest BCUT2D eigenvalue weighted by Crippen LogP contribution is -2.12. The zero-order valence-electron chi connectivity index (χ0n) is 19.7. The highest BCUT2D eigenvalue weighted by Gasteiger charge is 2.17. The van der Waals surface area contributed by atoms with Gasteiger partial charge in [0.25, 0.3) is 0 Å². The third-order valence-corrected chi connectivity index (χ3v) is 5.33. The van der Waals surface area contributed by atoms with Crippen LogP contribution in [0.4, 0.5) is 0 Å². The summed E-state index contributed by atoms with van der Waals surface area (Å²) in [6, 6.07) is 0. The number of hydrogen-bond acceptors (Lipinski definition) is 4. The van der Waals surface area contributed by atoms with Crippen molar-refractivity contribution in [1.82, 2.24) is 0 Å². The Balaban J connectivity index is 2.46. The fourth-order valence-corrected chi connectivity index (χ4v) is 3.29. The summed E-state index contributed by atoms with van der Waals surface area (Å²) in [6.45, 7) is 9.69. The van der Waals surface area contributed by atoms with E-state index in [4.69, 9.17) is 0 Å². The lowest BCUT2D eigenvalue weighted by atomic mass is 9.94. The van der Waals surface area contributed by atoms with Crippen molar-refractivity contribution in [2.24, 2.45) is 0 Å². The van der Waals surface area contributed by atoms with E-state index in [0.29, 0.717) is 29.6 Å². The fraction of sp³-hybridized carbons (Fsp3) is 0.481. The van der Waals surface area contributed by atoms with Crippen molar-refractivity contribution in [3.63, 3.8) is 0 Å². The topological polar surface area (TPSA) is 74.6 Å². The number of rotatable bonds is 12. The molecule has 1 unspecified atom stereocenters. The maximum absolute atomic E-state index is 12.1. The minimum Gasteiger partial charge on any atom is -0.392 e. The summed E-state index contributed by atoms with van der Waals surface area (Å²) in [7, 11) is 0. The van der Waals surface area contributed by atoms with Gasteiger partial charge in [0.1, 0.15) is 0 Å². The largest absolute Gasteiger partial charge is 0.392 e. The van der Waals surface area contributed by atoms with Crippen LogP contribution < -0.4 is 0 Å². The number of ketones is 2. The zero-order chi connectivity index (χ0) is 23.4. The molecule has 0 aliphatic heterocycles. The minimum atomic E-state index is -0.627. The van der Waals surface area contributed by atoms with Gasteiger partial charge >= 0.3 is 0 Å². The Labute approximate surface area is 187 Å². The molecule has 0 saturated carbocycles. The Hall–Kier alpha value is -2.30. The number of aliphatic hydroxyl groups excluding tert-OH is 2. The van der Waals surface area contributed by atoms with Gasteiger partial charge in [-0.1, -0.05) is 41.0 Å². The van der Waals surface area contributed by atoms with E-state index >= 15 is 0 Å². The van der Waals surface area contributed by atoms with Gasteiger partial charge in [-0.05, 0) is 90.9 Å². The molecule has 4 heteroatoms. The first-order valence-electron chi connectivity index (χ1n) is 11.0. The van der Waals surface area contributed by atoms with E-state index in [9.17, 15) is 19.8 Å². The predicted octanol–water partition coefficient (Wildman–Crippen LogP) is 5.49. The van der Waals surface area contributed by atoms with Gasteiger partial charge in [0.2, 0.25) is 0 Å². The van der Waals surface area contributed by atoms with Crippen molar-refractivity contribution in [3.05, 3.63) is 69.9 Å². The van der Waals surface area contributed by atoms with E-state index in [0.717, 1.165) is 31.3 Å². The molecule has 0 aromatic rings. The molecule has 1 aliphatic carbocycles. The molecule has 0 amide bonds. The van der Waals surface area contributed by atoms with Gasteiger partial charge in [0.15, 0.2) is 11.6 Å². The standard InChI is InChI=1S/C27H38O4/c1-19(2)12-15-26(30)24(18-28)11-7-10-20(3)8-6-9-21(4)13-14-23-17-25(29)16-22(5)27(23)31/h8,11-13,16-17,26,28,30H,6-7,9-10,14-15,18H2,1-5H3. The van der Waals surface area contributed by atoms with E-state index < -0.39 is 6.10 Å². The summed E-state index contributed by atoms with van der Waals surface area (Å²) in [6.07, 6.45) is 14.9. The average molecular weight is 427 g/mol. The zero-order valence-corrected chi connectivity index (χ0v) is 19.7. The van der Waals surface area contributed by atoms with Crippen LogP contribution in [0.1, 0.15) is 73.1 Å². The molecule has 2 N–H and O–H groups in total. The molecule has 0 heterocycles. The molecule has 1 aliphatic rings. The Morgan fingerprint density at radius 2 is 1.55 bits per heavy atom. The molecule has 0 saturated heterocycles. The first kappa shape index (κ1) is 26.7. The number of Topliss-reactive ketones (excluding diaryl/α,β-unsaturated/α-hetero) is 1. The highest BCUT2D eigenvalue weighted by atomic mass is 16.3. The van der Waals surface area contributed by atoms with E-state index in [2.05, 4.69) is 13.0 Å². The van der Waals surface area contributed by atoms with Crippen molar-refractivity contribution in [1.29, 1.82) is 0 Å². The highest BCUT2D eigenvalue weighted by molar-refractivity contribution is 6.20. The lowest BCUT2D eigenvalue weighted by molar-refractivity contribution is -0.115. The van der Waals surface area contributed by atoms with Crippen molar-refractivity contribution in [3.8, 4) is 0 Å². The summed E-state index contributed by atoms with van der Waals surface area (Å²) in [4.78, 5) is 23.7. The number of aliphatic hydroxyl groups is 2. The van der Waals surface area contributed by atoms with E-state index in [1.807, 2.05) is 39.0 Å². The van der Waals surface area contributed by atoms with Crippen LogP contribution in [0.3, 0.4) is 0 Å². The molecule has 1 atom stereocenters. The Kier molecular flexibility index (Phi) is 12.0. The third kappa shape index (κ3) is 10.5. The molecule has 0 aromatic carbocycles. The SMILES string of the molecule is CC(C)=CCC(O)C(=CCCC(C)=CCCC(C)=CCC1=CC(=O)C=C(C)C1=O)CO. The van der Waals surface area contributed by atoms with Crippen LogP contribution in [0.25, 0.3) is 0 Å². The first-order valence-corrected chi connectivity index (χ1v) is 11.0. The smallest absolute Gasteiger partial charge is 0.185 e. The van der Waals surface area contributed by atoms with Gasteiger partial charge < -0.3 is 10.2 Å². The minimum absolute atomic E-state index is 0.0411. The monoisotopic (exact) mass is 426 g/mol. The maximum Gasteiger partial charge on any atom is 0.185 e. The lowest BCUT2D eigenvalue weighted by Gasteiger charge is -2.11. The number of hydrogen-bond donors (Lipinski definition) is 2. The molecule has 170 valence electrons. The second-order valence-electron chi connectivity index (χ2n) is 8.58. The Morgan fingerprint density at radius 3 is 2.16 bits per heavy atom. The van der Waals surface area contributed by atoms with Gasteiger partial charge in [-0.15, -0.1) is 0 Å². The number of allylic oxidation sites excluding steroid dienone is 10. The second kappa shape index (κ2) is 13.9. The first-order chi connectivity index (χ1) is 14.6. The highest BCUT2D eigenvalue weighted by Crippen LogP contribution is 2.18. The summed E-state index contributed by atoms with van der Waals surface area (Å²) < 4.78 is 0. The summed E-state index contributed by atoms with van der Waals surface area (Å²) in [5.41, 5.74) is 5.38. The van der Waals surface area contributed by atoms with Crippen LogP contribution >= 0.6 is 0 Å². The van der Waals surface area contributed by atoms with Gasteiger partial charge in [-0.2, -0.15) is 0 Å². The molecular weight excluding hydrogens is 388 g/mol. The van der Waals surface area contributed by atoms with Crippen LogP contribution in [0.5, 0.6) is 0 Å². The molecule has 0 bridgehead atoms. The van der Waals surface area contributed by atoms with Gasteiger partial charge in [0, 0.05) is 11.1 Å². The van der Waals surface area contributed by atoms with Crippen LogP contribution in [-0.4, -0.2) is 34.5 Å². The van der Waals surface area contributed by atoms with Crippen molar-refractivity contribution in [2.45, 2.75) is 79.2 Å². The summed E-state index contributed by atoms with van der Waals surface area (Å²) in [5, 5.41) is 19.7. The normalized spacial score (nSPS) is 16.8. The van der Waals surface area contributed by atoms with E-state index in [1.54, 1.807) is 6.92 Å². The maximum atomic E-state index is 12.1. The summed E-state index contributed by atoms with van der Waals surface area (Å²) >= 11 is 0. The number of carbonyl (C=O) groups excluding carboxylic acids is 2. The quantitative estimate of drug-likeness (QED) is 0.320. The van der Waals surface area contributed by atoms with Gasteiger partial charge in [0.05, 0.1) is 12.7 Å². The number of carbonyl (C=O) groups is 2. The summed E-state index contributed by atoms with van der Waals surface area (Å²) in [5.74, 6) is -0.153. The molecule has 0 fully saturated rings. The molecular formula is C27H38O4. The van der Waals surface area contributed by atoms with E-state index in [1.165, 1.54) is 23.3 Å². The molecule has 0 aromatic heterocycles. The Morgan fingerprint density at radius 1 is 0.935 bits per heavy atom. The average Bonchev–Trinajstić information content (AvgIpc) is 2.70. The second-order valence-corrected chi connectivity index (χ2v) is 8.58. The van der Waals surface area contributed by atoms with Gasteiger partial charge in [-0.3, -0.25) is 9.59 Å². The molecule has 0 radical (unpaired) electrons. The molecule has 31 heavy (non-hydrogen) atoms. The molecule has 1 rings (SSSR count). The predicted molar refractivity (Wildman–Crippen MR) is 128 cm³/mol. The van der Waals surface area contributed by atoms with Crippen molar-refractivity contribution >= 4 is 11.6 Å². The van der Waals surface area contributed by atoms with Crippen LogP contribution in [0.15, 0.2) is 69.9 Å². The van der Waals surface area contributed by atoms with Crippen molar-refractivity contribution < 1.29 is 19.8 Å². The van der Waals surface area contributed by atoms with Crippen LogP contribution in [0.2, 0.25) is 0 Å². The van der Waals surface area contributed by atoms with Crippen LogP contribution in [0, 0.1) is 0 Å². The third-order valence-electron chi connectivity index (χ3n) is 5.33. The fourth-order valence-electron chi connectivity index (χ4n) is 3.29. The molecule has 4 nitrogen and oxygen atoms in total.